The highest BCUT2D eigenvalue weighted by Crippen LogP contribution is 2.39. The third kappa shape index (κ3) is 2.99. The Bertz CT molecular complexity index is 645. The van der Waals surface area contributed by atoms with Crippen LogP contribution in [0.4, 0.5) is 0 Å². The Labute approximate surface area is 143 Å². The van der Waals surface area contributed by atoms with Gasteiger partial charge < -0.3 is 10.1 Å². The van der Waals surface area contributed by atoms with Crippen molar-refractivity contribution < 1.29 is 5.11 Å². The van der Waals surface area contributed by atoms with Gasteiger partial charge in [-0.1, -0.05) is 30.3 Å². The summed E-state index contributed by atoms with van der Waals surface area (Å²) in [6, 6.07) is 10.6. The zero-order chi connectivity index (χ0) is 16.4. The molecule has 1 aromatic heterocycles. The SMILES string of the molecule is O[C@H]1CN(Cc2ncc[nH]2)CC[C@@]12CCCN2Cc1ccccc1. The van der Waals surface area contributed by atoms with Crippen molar-refractivity contribution in [2.24, 2.45) is 0 Å². The zero-order valence-electron chi connectivity index (χ0n) is 14.1. The standard InChI is InChI=1S/C19H26N4O/c24-17-14-22(15-18-20-9-10-21-18)12-8-19(17)7-4-11-23(19)13-16-5-2-1-3-6-16/h1-3,5-6,9-10,17,24H,4,7-8,11-15H2,(H,20,21)/t17-,19-/m0/s1. The second-order valence-corrected chi connectivity index (χ2v) is 7.15. The van der Waals surface area contributed by atoms with Gasteiger partial charge in [0.2, 0.25) is 0 Å². The molecule has 5 nitrogen and oxygen atoms in total. The molecule has 1 aromatic carbocycles. The van der Waals surface area contributed by atoms with E-state index < -0.39 is 0 Å². The Kier molecular flexibility index (Phi) is 4.39. The van der Waals surface area contributed by atoms with Gasteiger partial charge in [-0.3, -0.25) is 9.80 Å². The molecule has 5 heteroatoms. The number of nitrogens with zero attached hydrogens (tertiary/aromatic N) is 3. The number of hydrogen-bond donors (Lipinski definition) is 2. The molecule has 2 N–H and O–H groups in total. The van der Waals surface area contributed by atoms with E-state index >= 15 is 0 Å². The maximum atomic E-state index is 11.0. The van der Waals surface area contributed by atoms with Gasteiger partial charge in [-0.25, -0.2) is 4.98 Å². The molecule has 2 atom stereocenters. The van der Waals surface area contributed by atoms with Crippen LogP contribution in [0.5, 0.6) is 0 Å². The summed E-state index contributed by atoms with van der Waals surface area (Å²) in [5, 5.41) is 11.0. The number of β-amino-alcohol motifs (C(OH)–C–C–N with tert-alkyl or cyclic N) is 1. The summed E-state index contributed by atoms with van der Waals surface area (Å²) in [7, 11) is 0. The van der Waals surface area contributed by atoms with Crippen molar-refractivity contribution in [3.05, 3.63) is 54.1 Å². The summed E-state index contributed by atoms with van der Waals surface area (Å²) < 4.78 is 0. The molecule has 2 saturated heterocycles. The molecule has 0 unspecified atom stereocenters. The molecule has 0 bridgehead atoms. The van der Waals surface area contributed by atoms with Crippen LogP contribution in [0, 0.1) is 0 Å². The number of rotatable bonds is 4. The van der Waals surface area contributed by atoms with E-state index in [4.69, 9.17) is 0 Å². The molecule has 3 heterocycles. The van der Waals surface area contributed by atoms with E-state index in [0.29, 0.717) is 0 Å². The number of aromatic amines is 1. The summed E-state index contributed by atoms with van der Waals surface area (Å²) in [6.07, 6.45) is 6.66. The number of benzene rings is 1. The van der Waals surface area contributed by atoms with Crippen LogP contribution < -0.4 is 0 Å². The van der Waals surface area contributed by atoms with Gasteiger partial charge in [0, 0.05) is 37.6 Å². The number of aromatic nitrogens is 2. The first kappa shape index (κ1) is 15.8. The third-order valence-electron chi connectivity index (χ3n) is 5.72. The first-order chi connectivity index (χ1) is 11.8. The second kappa shape index (κ2) is 6.67. The largest absolute Gasteiger partial charge is 0.390 e. The topological polar surface area (TPSA) is 55.4 Å². The molecule has 0 radical (unpaired) electrons. The predicted molar refractivity (Wildman–Crippen MR) is 93.3 cm³/mol. The van der Waals surface area contributed by atoms with Gasteiger partial charge in [0.05, 0.1) is 12.6 Å². The van der Waals surface area contributed by atoms with E-state index in [0.717, 1.165) is 51.4 Å². The fraction of sp³-hybridized carbons (Fsp3) is 0.526. The van der Waals surface area contributed by atoms with Crippen LogP contribution in [-0.4, -0.2) is 56.2 Å². The Morgan fingerprint density at radius 2 is 2.04 bits per heavy atom. The minimum absolute atomic E-state index is 0.0461. The summed E-state index contributed by atoms with van der Waals surface area (Å²) >= 11 is 0. The number of nitrogens with one attached hydrogen (secondary N) is 1. The van der Waals surface area contributed by atoms with Crippen LogP contribution in [0.3, 0.4) is 0 Å². The maximum absolute atomic E-state index is 11.0. The second-order valence-electron chi connectivity index (χ2n) is 7.15. The molecular weight excluding hydrogens is 300 g/mol. The lowest BCUT2D eigenvalue weighted by molar-refractivity contribution is -0.0687. The Hall–Kier alpha value is -1.69. The molecule has 2 aliphatic heterocycles. The summed E-state index contributed by atoms with van der Waals surface area (Å²) in [5.41, 5.74) is 1.29. The quantitative estimate of drug-likeness (QED) is 0.902. The van der Waals surface area contributed by atoms with Crippen LogP contribution >= 0.6 is 0 Å². The lowest BCUT2D eigenvalue weighted by Crippen LogP contribution is -2.61. The van der Waals surface area contributed by atoms with Crippen LogP contribution in [0.25, 0.3) is 0 Å². The van der Waals surface area contributed by atoms with Crippen LogP contribution in [0.1, 0.15) is 30.7 Å². The monoisotopic (exact) mass is 326 g/mol. The normalized spacial score (nSPS) is 28.6. The average Bonchev–Trinajstić information content (AvgIpc) is 3.23. The van der Waals surface area contributed by atoms with E-state index in [9.17, 15) is 5.11 Å². The van der Waals surface area contributed by atoms with E-state index in [1.54, 1.807) is 6.20 Å². The van der Waals surface area contributed by atoms with Gasteiger partial charge in [0.25, 0.3) is 0 Å². The molecule has 24 heavy (non-hydrogen) atoms. The van der Waals surface area contributed by atoms with Crippen molar-refractivity contribution in [1.29, 1.82) is 0 Å². The highest BCUT2D eigenvalue weighted by atomic mass is 16.3. The van der Waals surface area contributed by atoms with Crippen molar-refractivity contribution in [2.45, 2.75) is 44.0 Å². The highest BCUT2D eigenvalue weighted by molar-refractivity contribution is 5.16. The Balaban J connectivity index is 1.44. The van der Waals surface area contributed by atoms with Crippen molar-refractivity contribution in [1.82, 2.24) is 19.8 Å². The van der Waals surface area contributed by atoms with E-state index in [1.807, 2.05) is 6.20 Å². The number of likely N-dealkylation sites (tertiary alicyclic amines) is 2. The van der Waals surface area contributed by atoms with Gasteiger partial charge in [0.15, 0.2) is 0 Å². The van der Waals surface area contributed by atoms with Crippen molar-refractivity contribution in [3.63, 3.8) is 0 Å². The van der Waals surface area contributed by atoms with Gasteiger partial charge in [-0.2, -0.15) is 0 Å². The van der Waals surface area contributed by atoms with Gasteiger partial charge >= 0.3 is 0 Å². The zero-order valence-corrected chi connectivity index (χ0v) is 14.1. The molecule has 4 rings (SSSR count). The molecule has 2 fully saturated rings. The lowest BCUT2D eigenvalue weighted by atomic mass is 9.82. The molecule has 0 saturated carbocycles. The fourth-order valence-corrected chi connectivity index (χ4v) is 4.42. The minimum Gasteiger partial charge on any atom is -0.390 e. The van der Waals surface area contributed by atoms with Crippen LogP contribution in [-0.2, 0) is 13.1 Å². The number of hydrogen-bond acceptors (Lipinski definition) is 4. The molecular formula is C19H26N4O. The third-order valence-corrected chi connectivity index (χ3v) is 5.72. The Morgan fingerprint density at radius 1 is 1.17 bits per heavy atom. The van der Waals surface area contributed by atoms with Gasteiger partial charge in [-0.05, 0) is 31.4 Å². The van der Waals surface area contributed by atoms with Crippen molar-refractivity contribution in [3.8, 4) is 0 Å². The number of aliphatic hydroxyl groups is 1. The lowest BCUT2D eigenvalue weighted by Gasteiger charge is -2.48. The first-order valence-corrected chi connectivity index (χ1v) is 8.94. The number of piperidine rings is 1. The molecule has 0 amide bonds. The number of imidazole rings is 1. The molecule has 0 aliphatic carbocycles. The van der Waals surface area contributed by atoms with E-state index in [-0.39, 0.29) is 11.6 Å². The minimum atomic E-state index is -0.299. The van der Waals surface area contributed by atoms with Crippen LogP contribution in [0.15, 0.2) is 42.7 Å². The first-order valence-electron chi connectivity index (χ1n) is 8.94. The maximum Gasteiger partial charge on any atom is 0.120 e. The van der Waals surface area contributed by atoms with E-state index in [2.05, 4.69) is 50.1 Å². The van der Waals surface area contributed by atoms with Gasteiger partial charge in [-0.15, -0.1) is 0 Å². The molecule has 2 aromatic rings. The number of aliphatic hydroxyl groups excluding tert-OH is 1. The Morgan fingerprint density at radius 3 is 2.79 bits per heavy atom. The van der Waals surface area contributed by atoms with Crippen molar-refractivity contribution >= 4 is 0 Å². The number of H-pyrrole nitrogens is 1. The van der Waals surface area contributed by atoms with Crippen LogP contribution in [0.2, 0.25) is 0 Å². The molecule has 128 valence electrons. The molecule has 2 aliphatic rings. The fourth-order valence-electron chi connectivity index (χ4n) is 4.42. The van der Waals surface area contributed by atoms with E-state index in [1.165, 1.54) is 12.0 Å². The summed E-state index contributed by atoms with van der Waals surface area (Å²) in [5.74, 6) is 0.978. The highest BCUT2D eigenvalue weighted by Gasteiger charge is 2.49. The predicted octanol–water partition coefficient (Wildman–Crippen LogP) is 2.01. The smallest absolute Gasteiger partial charge is 0.120 e. The van der Waals surface area contributed by atoms with Crippen molar-refractivity contribution in [2.75, 3.05) is 19.6 Å². The summed E-state index contributed by atoms with van der Waals surface area (Å²) in [6.45, 7) is 4.56. The average molecular weight is 326 g/mol. The summed E-state index contributed by atoms with van der Waals surface area (Å²) in [4.78, 5) is 12.3. The molecule has 1 spiro atoms. The van der Waals surface area contributed by atoms with Gasteiger partial charge in [0.1, 0.15) is 5.82 Å².